The number of H-pyrrole nitrogens is 1. The molecular weight excluding hydrogens is 1130 g/mol. The summed E-state index contributed by atoms with van der Waals surface area (Å²) in [5.74, 6) is 1.29. The van der Waals surface area contributed by atoms with E-state index in [1.165, 1.54) is 18.3 Å². The molecule has 0 amide bonds. The van der Waals surface area contributed by atoms with Crippen molar-refractivity contribution in [2.24, 2.45) is 0 Å². The highest BCUT2D eigenvalue weighted by Gasteiger charge is 2.43. The van der Waals surface area contributed by atoms with Crippen molar-refractivity contribution in [1.29, 1.82) is 0 Å². The first-order valence-corrected chi connectivity index (χ1v) is 29.3. The van der Waals surface area contributed by atoms with Gasteiger partial charge in [-0.15, -0.1) is 0 Å². The van der Waals surface area contributed by atoms with Gasteiger partial charge in [-0.2, -0.15) is 26.3 Å². The number of rotatable bonds is 14. The third-order valence-electron chi connectivity index (χ3n) is 16.7. The molecule has 9 aromatic rings. The molecule has 0 spiro atoms. The number of fused-ring (bicyclic) bond motifs is 2. The number of pyridine rings is 2. The highest BCUT2D eigenvalue weighted by Crippen LogP contribution is 2.43. The van der Waals surface area contributed by atoms with E-state index in [-0.39, 0.29) is 75.5 Å². The number of nitrogens with zero attached hydrogens (tertiary/aromatic N) is 11. The van der Waals surface area contributed by atoms with Crippen LogP contribution in [-0.2, 0) is 31.8 Å². The summed E-state index contributed by atoms with van der Waals surface area (Å²) in [6, 6.07) is 14.7. The maximum absolute atomic E-state index is 14.5. The minimum absolute atomic E-state index is 0.0285. The molecule has 4 atom stereocenters. The van der Waals surface area contributed by atoms with Gasteiger partial charge in [0.05, 0.1) is 62.4 Å². The lowest BCUT2D eigenvalue weighted by Crippen LogP contribution is -2.59. The average molecular weight is 1200 g/mol. The van der Waals surface area contributed by atoms with Crippen molar-refractivity contribution < 1.29 is 53.3 Å². The van der Waals surface area contributed by atoms with Crippen LogP contribution in [0.15, 0.2) is 93.3 Å². The van der Waals surface area contributed by atoms with E-state index in [2.05, 4.69) is 65.6 Å². The minimum atomic E-state index is -4.83. The van der Waals surface area contributed by atoms with Crippen LogP contribution in [0.1, 0.15) is 72.6 Å². The van der Waals surface area contributed by atoms with Gasteiger partial charge in [-0.1, -0.05) is 28.5 Å². The van der Waals surface area contributed by atoms with Gasteiger partial charge in [-0.05, 0) is 103 Å². The van der Waals surface area contributed by atoms with Gasteiger partial charge in [0.2, 0.25) is 11.9 Å². The van der Waals surface area contributed by atoms with E-state index in [0.717, 1.165) is 92.8 Å². The van der Waals surface area contributed by atoms with Crippen molar-refractivity contribution in [3.05, 3.63) is 113 Å². The second-order valence-electron chi connectivity index (χ2n) is 21.9. The third-order valence-corrected chi connectivity index (χ3v) is 18.3. The number of ether oxygens (including phenoxy) is 2. The zero-order valence-corrected chi connectivity index (χ0v) is 47.9. The fraction of sp³-hybridized carbons (Fsp3) is 0.414. The topological polar surface area (TPSA) is 233 Å². The Balaban J connectivity index is 0.000000171. The number of methoxy groups -OCH3 is 2. The Morgan fingerprint density at radius 3 is 1.60 bits per heavy atom. The predicted molar refractivity (Wildman–Crippen MR) is 302 cm³/mol. The second kappa shape index (κ2) is 22.5. The molecule has 2 saturated carbocycles. The predicted octanol–water partition coefficient (Wildman–Crippen LogP) is 10.7. The Labute approximate surface area is 483 Å². The van der Waals surface area contributed by atoms with Crippen LogP contribution in [0.5, 0.6) is 0 Å². The molecule has 2 saturated heterocycles. The molecule has 4 fully saturated rings. The average Bonchev–Trinajstić information content (AvgIpc) is 2.58. The fourth-order valence-electron chi connectivity index (χ4n) is 12.3. The number of likely N-dealkylation sites (tertiary alicyclic amines) is 2. The second-order valence-corrected chi connectivity index (χ2v) is 23.8. The maximum Gasteiger partial charge on any atom is 0.419 e. The summed E-state index contributed by atoms with van der Waals surface area (Å²) < 4.78 is 136. The Morgan fingerprint density at radius 1 is 0.624 bits per heavy atom. The summed E-state index contributed by atoms with van der Waals surface area (Å²) >= 11 is 0. The quantitative estimate of drug-likeness (QED) is 0.0859. The van der Waals surface area contributed by atoms with E-state index in [1.54, 1.807) is 77.5 Å². The number of aromatic nitrogens is 10. The molecule has 0 radical (unpaired) electrons. The summed E-state index contributed by atoms with van der Waals surface area (Å²) in [5.41, 5.74) is 1.53. The number of anilines is 2. The summed E-state index contributed by atoms with van der Waals surface area (Å²) in [7, 11) is -0.907. The first kappa shape index (κ1) is 57.6. The van der Waals surface area contributed by atoms with Crippen molar-refractivity contribution in [3.8, 4) is 45.0 Å². The standard InChI is InChI=1S/C32H32F3N7O4S.C26H28F3N7O2/c1-18-28(19(2)46-40-18)26-13-12-22-23(17-42(30(22)37-26)47(43,44)21-8-5-4-6-9-21)29-24(32(33,34)35)14-36-31(39-29)38-25-10-7-11-27(25)41-15-20(16-41)45-3;1-13-22(14(2)38-35-13)20-8-7-16-17(9-30-24(16)32-20)23-18(26(27,28)29)10-31-25(34-23)33-19-5-4-6-21(19)36-11-15(12-36)37-3/h4-6,8-9,12-14,17,20,25,27H,7,10-11,15-16H2,1-3H3,(H,36,38,39);7-10,15,19,21H,4-6,11-12H2,1-3H3,(H,30,32)(H,31,33,34)/t25-,27-;19-,21-/m00/s1. The zero-order chi connectivity index (χ0) is 59.7. The van der Waals surface area contributed by atoms with Crippen LogP contribution in [0.2, 0.25) is 0 Å². The van der Waals surface area contributed by atoms with Crippen molar-refractivity contribution in [2.45, 2.75) is 120 Å². The first-order valence-electron chi connectivity index (χ1n) is 27.8. The minimum Gasteiger partial charge on any atom is -0.379 e. The normalized spacial score (nSPS) is 20.0. The van der Waals surface area contributed by atoms with Crippen molar-refractivity contribution >= 4 is 44.0 Å². The van der Waals surface area contributed by atoms with Gasteiger partial charge in [0.1, 0.15) is 28.3 Å². The molecule has 2 aliphatic heterocycles. The van der Waals surface area contributed by atoms with E-state index in [9.17, 15) is 34.8 Å². The molecular formula is C58H60F6N14O6S. The molecule has 8 aromatic heterocycles. The van der Waals surface area contributed by atoms with Gasteiger partial charge in [0, 0.05) is 111 Å². The van der Waals surface area contributed by atoms with Gasteiger partial charge in [-0.25, -0.2) is 42.3 Å². The van der Waals surface area contributed by atoms with Crippen LogP contribution in [0.25, 0.3) is 67.1 Å². The SMILES string of the molecule is COC1CN([C@H]2CCC[C@@H]2Nc2ncc(C(F)(F)F)c(-c3c[nH]c4nc(-c5c(C)noc5C)ccc34)n2)C1.COC1CN([C@H]2CCC[C@@H]2Nc2ncc(C(F)(F)F)c(-c3cn(S(=O)(=O)c4ccccc4)c4nc(-c5c(C)noc5C)ccc34)n2)C1. The Bertz CT molecular complexity index is 4010. The zero-order valence-electron chi connectivity index (χ0n) is 47.1. The van der Waals surface area contributed by atoms with Gasteiger partial charge >= 0.3 is 12.4 Å². The van der Waals surface area contributed by atoms with Crippen molar-refractivity contribution in [2.75, 3.05) is 51.0 Å². The van der Waals surface area contributed by atoms with Crippen LogP contribution in [0.3, 0.4) is 0 Å². The number of benzene rings is 1. The summed E-state index contributed by atoms with van der Waals surface area (Å²) in [6.07, 6.45) is 0.887. The van der Waals surface area contributed by atoms with Gasteiger partial charge in [-0.3, -0.25) is 9.80 Å². The van der Waals surface area contributed by atoms with Crippen LogP contribution >= 0.6 is 0 Å². The molecule has 2 aliphatic carbocycles. The van der Waals surface area contributed by atoms with E-state index in [4.69, 9.17) is 18.5 Å². The smallest absolute Gasteiger partial charge is 0.379 e. The molecule has 4 aliphatic rings. The molecule has 0 unspecified atom stereocenters. The molecule has 13 rings (SSSR count). The van der Waals surface area contributed by atoms with Crippen LogP contribution in [0.4, 0.5) is 38.2 Å². The summed E-state index contributed by atoms with van der Waals surface area (Å²) in [6.45, 7) is 10.3. The number of aryl methyl sites for hydroxylation is 4. The molecule has 1 aromatic carbocycles. The molecule has 85 heavy (non-hydrogen) atoms. The maximum atomic E-state index is 14.5. The lowest BCUT2D eigenvalue weighted by molar-refractivity contribution is -0.138. The number of nitrogens with one attached hydrogen (secondary N) is 3. The summed E-state index contributed by atoms with van der Waals surface area (Å²) in [4.78, 5) is 33.9. The fourth-order valence-corrected chi connectivity index (χ4v) is 13.6. The van der Waals surface area contributed by atoms with E-state index in [1.807, 2.05) is 6.92 Å². The first-order chi connectivity index (χ1) is 40.7. The molecule has 27 heteroatoms. The number of halogens is 6. The van der Waals surface area contributed by atoms with Crippen LogP contribution in [-0.4, -0.2) is 144 Å². The van der Waals surface area contributed by atoms with Gasteiger partial charge < -0.3 is 34.1 Å². The molecule has 3 N–H and O–H groups in total. The summed E-state index contributed by atoms with van der Waals surface area (Å²) in [5, 5.41) is 15.2. The highest BCUT2D eigenvalue weighted by molar-refractivity contribution is 7.90. The number of hydrogen-bond acceptors (Lipinski definition) is 18. The number of aromatic amines is 1. The van der Waals surface area contributed by atoms with E-state index >= 15 is 0 Å². The number of hydrogen-bond donors (Lipinski definition) is 3. The number of alkyl halides is 6. The highest BCUT2D eigenvalue weighted by atomic mass is 32.2. The Kier molecular flexibility index (Phi) is 15.3. The Morgan fingerprint density at radius 2 is 1.12 bits per heavy atom. The van der Waals surface area contributed by atoms with Gasteiger partial charge in [0.15, 0.2) is 5.65 Å². The molecule has 0 bridgehead atoms. The largest absolute Gasteiger partial charge is 0.419 e. The van der Waals surface area contributed by atoms with Crippen molar-refractivity contribution in [1.82, 2.24) is 59.0 Å². The monoisotopic (exact) mass is 1190 g/mol. The third kappa shape index (κ3) is 11.0. The molecule has 446 valence electrons. The molecule has 10 heterocycles. The van der Waals surface area contributed by atoms with Crippen molar-refractivity contribution in [3.63, 3.8) is 0 Å². The van der Waals surface area contributed by atoms with Crippen LogP contribution in [0, 0.1) is 27.7 Å². The Hall–Kier alpha value is -7.85. The lowest BCUT2D eigenvalue weighted by Gasteiger charge is -2.44. The lowest BCUT2D eigenvalue weighted by atomic mass is 10.0. The van der Waals surface area contributed by atoms with E-state index < -0.39 is 39.2 Å². The van der Waals surface area contributed by atoms with Crippen LogP contribution < -0.4 is 10.6 Å². The van der Waals surface area contributed by atoms with E-state index in [0.29, 0.717) is 56.5 Å². The molecule has 20 nitrogen and oxygen atoms in total. The van der Waals surface area contributed by atoms with Gasteiger partial charge in [0.25, 0.3) is 10.0 Å².